The lowest BCUT2D eigenvalue weighted by Gasteiger charge is -2.36. The van der Waals surface area contributed by atoms with Crippen LogP contribution in [0.5, 0.6) is 0 Å². The Bertz CT molecular complexity index is 955. The standard InChI is InChI=1S/C22H21N3/c1-22(23)20(25-19-9-3-2-4-10-19)13-14-24-21(22)18-12-11-16-7-5-6-8-17(16)15-18/h2-15,20,25H,23H2,1H3. The number of benzene rings is 3. The van der Waals surface area contributed by atoms with Crippen molar-refractivity contribution in [2.75, 3.05) is 5.32 Å². The zero-order chi connectivity index (χ0) is 17.3. The number of hydrogen-bond donors (Lipinski definition) is 2. The van der Waals surface area contributed by atoms with Crippen LogP contribution in [0.1, 0.15) is 12.5 Å². The van der Waals surface area contributed by atoms with Gasteiger partial charge >= 0.3 is 0 Å². The normalized spacial score (nSPS) is 22.6. The van der Waals surface area contributed by atoms with Gasteiger partial charge in [-0.2, -0.15) is 0 Å². The second-order valence-corrected chi connectivity index (χ2v) is 6.65. The largest absolute Gasteiger partial charge is 0.377 e. The van der Waals surface area contributed by atoms with Gasteiger partial charge in [-0.15, -0.1) is 0 Å². The van der Waals surface area contributed by atoms with Gasteiger partial charge in [-0.25, -0.2) is 0 Å². The highest BCUT2D eigenvalue weighted by Crippen LogP contribution is 2.26. The van der Waals surface area contributed by atoms with E-state index < -0.39 is 5.54 Å². The number of nitrogens with two attached hydrogens (primary N) is 1. The van der Waals surface area contributed by atoms with Crippen LogP contribution in [-0.4, -0.2) is 17.3 Å². The molecule has 0 aromatic heterocycles. The van der Waals surface area contributed by atoms with Crippen LogP contribution in [-0.2, 0) is 0 Å². The molecule has 25 heavy (non-hydrogen) atoms. The highest BCUT2D eigenvalue weighted by Gasteiger charge is 2.36. The Morgan fingerprint density at radius 1 is 0.920 bits per heavy atom. The fraction of sp³-hybridized carbons (Fsp3) is 0.136. The fourth-order valence-electron chi connectivity index (χ4n) is 3.32. The van der Waals surface area contributed by atoms with Crippen LogP contribution < -0.4 is 11.1 Å². The van der Waals surface area contributed by atoms with Crippen molar-refractivity contribution in [3.63, 3.8) is 0 Å². The number of rotatable bonds is 3. The van der Waals surface area contributed by atoms with Gasteiger partial charge in [0, 0.05) is 11.9 Å². The van der Waals surface area contributed by atoms with E-state index in [-0.39, 0.29) is 6.04 Å². The van der Waals surface area contributed by atoms with E-state index in [0.717, 1.165) is 17.0 Å². The molecule has 3 heteroatoms. The Labute approximate surface area is 147 Å². The predicted molar refractivity (Wildman–Crippen MR) is 106 cm³/mol. The van der Waals surface area contributed by atoms with E-state index in [0.29, 0.717) is 0 Å². The van der Waals surface area contributed by atoms with Gasteiger partial charge in [-0.1, -0.05) is 54.6 Å². The van der Waals surface area contributed by atoms with Crippen molar-refractivity contribution < 1.29 is 0 Å². The van der Waals surface area contributed by atoms with Crippen molar-refractivity contribution in [2.24, 2.45) is 10.7 Å². The summed E-state index contributed by atoms with van der Waals surface area (Å²) in [4.78, 5) is 4.62. The first-order valence-corrected chi connectivity index (χ1v) is 8.49. The number of fused-ring (bicyclic) bond motifs is 1. The lowest BCUT2D eigenvalue weighted by molar-refractivity contribution is 0.573. The van der Waals surface area contributed by atoms with E-state index in [9.17, 15) is 0 Å². The summed E-state index contributed by atoms with van der Waals surface area (Å²) in [5, 5.41) is 5.93. The monoisotopic (exact) mass is 327 g/mol. The molecule has 0 fully saturated rings. The molecule has 1 heterocycles. The molecule has 0 radical (unpaired) electrons. The average molecular weight is 327 g/mol. The van der Waals surface area contributed by atoms with Gasteiger partial charge < -0.3 is 11.1 Å². The molecule has 3 nitrogen and oxygen atoms in total. The maximum absolute atomic E-state index is 6.75. The molecule has 0 bridgehead atoms. The van der Waals surface area contributed by atoms with Crippen LogP contribution in [0.4, 0.5) is 5.69 Å². The molecular formula is C22H21N3. The first-order valence-electron chi connectivity index (χ1n) is 8.49. The quantitative estimate of drug-likeness (QED) is 0.751. The van der Waals surface area contributed by atoms with E-state index >= 15 is 0 Å². The Morgan fingerprint density at radius 3 is 2.44 bits per heavy atom. The molecule has 1 aliphatic heterocycles. The lowest BCUT2D eigenvalue weighted by atomic mass is 9.82. The molecular weight excluding hydrogens is 306 g/mol. The minimum Gasteiger partial charge on any atom is -0.377 e. The second kappa shape index (κ2) is 6.19. The summed E-state index contributed by atoms with van der Waals surface area (Å²) in [6.07, 6.45) is 3.87. The number of para-hydroxylation sites is 1. The van der Waals surface area contributed by atoms with Crippen molar-refractivity contribution in [3.05, 3.63) is 90.6 Å². The molecule has 3 aromatic rings. The summed E-state index contributed by atoms with van der Waals surface area (Å²) >= 11 is 0. The first kappa shape index (κ1) is 15.6. The SMILES string of the molecule is CC1(N)C(c2ccc3ccccc3c2)=NC=CC1Nc1ccccc1. The number of nitrogens with zero attached hydrogens (tertiary/aromatic N) is 1. The van der Waals surface area contributed by atoms with Crippen molar-refractivity contribution in [2.45, 2.75) is 18.5 Å². The van der Waals surface area contributed by atoms with Crippen LogP contribution >= 0.6 is 0 Å². The maximum Gasteiger partial charge on any atom is 0.0802 e. The van der Waals surface area contributed by atoms with Crippen LogP contribution in [0.2, 0.25) is 0 Å². The Kier molecular flexibility index (Phi) is 3.86. The van der Waals surface area contributed by atoms with Crippen molar-refractivity contribution in [3.8, 4) is 0 Å². The molecule has 3 aromatic carbocycles. The zero-order valence-corrected chi connectivity index (χ0v) is 14.2. The first-order chi connectivity index (χ1) is 12.1. The average Bonchev–Trinajstić information content (AvgIpc) is 2.64. The Hall–Kier alpha value is -2.91. The van der Waals surface area contributed by atoms with Gasteiger partial charge in [0.2, 0.25) is 0 Å². The molecule has 0 saturated heterocycles. The Morgan fingerprint density at radius 2 is 1.64 bits per heavy atom. The van der Waals surface area contributed by atoms with E-state index in [1.54, 1.807) is 0 Å². The van der Waals surface area contributed by atoms with E-state index in [2.05, 4.69) is 52.8 Å². The molecule has 2 atom stereocenters. The fourth-order valence-corrected chi connectivity index (χ4v) is 3.32. The molecule has 0 aliphatic carbocycles. The molecule has 1 aliphatic rings. The van der Waals surface area contributed by atoms with E-state index in [4.69, 9.17) is 5.73 Å². The van der Waals surface area contributed by atoms with Crippen LogP contribution in [0.25, 0.3) is 10.8 Å². The van der Waals surface area contributed by atoms with Crippen LogP contribution in [0.15, 0.2) is 90.1 Å². The van der Waals surface area contributed by atoms with Gasteiger partial charge in [0.1, 0.15) is 0 Å². The number of hydrogen-bond acceptors (Lipinski definition) is 3. The van der Waals surface area contributed by atoms with Gasteiger partial charge in [0.15, 0.2) is 0 Å². The summed E-state index contributed by atoms with van der Waals surface area (Å²) in [7, 11) is 0. The number of anilines is 1. The molecule has 0 saturated carbocycles. The third-order valence-corrected chi connectivity index (χ3v) is 4.76. The minimum absolute atomic E-state index is 0.0335. The summed E-state index contributed by atoms with van der Waals surface area (Å²) in [5.41, 5.74) is 9.14. The van der Waals surface area contributed by atoms with Crippen molar-refractivity contribution >= 4 is 22.2 Å². The highest BCUT2D eigenvalue weighted by molar-refractivity contribution is 6.10. The molecule has 2 unspecified atom stereocenters. The third-order valence-electron chi connectivity index (χ3n) is 4.76. The van der Waals surface area contributed by atoms with Crippen LogP contribution in [0.3, 0.4) is 0 Å². The van der Waals surface area contributed by atoms with Crippen molar-refractivity contribution in [1.29, 1.82) is 0 Å². The third kappa shape index (κ3) is 2.94. The lowest BCUT2D eigenvalue weighted by Crippen LogP contribution is -2.58. The molecule has 0 amide bonds. The number of aliphatic imine (C=N–C) groups is 1. The molecule has 3 N–H and O–H groups in total. The van der Waals surface area contributed by atoms with E-state index in [1.165, 1.54) is 10.8 Å². The zero-order valence-electron chi connectivity index (χ0n) is 14.2. The molecule has 124 valence electrons. The van der Waals surface area contributed by atoms with Crippen LogP contribution in [0, 0.1) is 0 Å². The van der Waals surface area contributed by atoms with Gasteiger partial charge in [-0.3, -0.25) is 4.99 Å². The Balaban J connectivity index is 1.69. The summed E-state index contributed by atoms with van der Waals surface area (Å²) in [5.74, 6) is 0. The predicted octanol–water partition coefficient (Wildman–Crippen LogP) is 4.35. The maximum atomic E-state index is 6.75. The number of nitrogens with one attached hydrogen (secondary N) is 1. The highest BCUT2D eigenvalue weighted by atomic mass is 15.0. The molecule has 4 rings (SSSR count). The van der Waals surface area contributed by atoms with E-state index in [1.807, 2.05) is 49.5 Å². The van der Waals surface area contributed by atoms with Gasteiger partial charge in [-0.05, 0) is 47.5 Å². The smallest absolute Gasteiger partial charge is 0.0802 e. The second-order valence-electron chi connectivity index (χ2n) is 6.65. The molecule has 0 spiro atoms. The van der Waals surface area contributed by atoms with Gasteiger partial charge in [0.05, 0.1) is 17.3 Å². The van der Waals surface area contributed by atoms with Crippen molar-refractivity contribution in [1.82, 2.24) is 0 Å². The summed E-state index contributed by atoms with van der Waals surface area (Å²) < 4.78 is 0. The minimum atomic E-state index is -0.618. The topological polar surface area (TPSA) is 50.4 Å². The van der Waals surface area contributed by atoms with Gasteiger partial charge in [0.25, 0.3) is 0 Å². The summed E-state index contributed by atoms with van der Waals surface area (Å²) in [6.45, 7) is 2.03. The summed E-state index contributed by atoms with van der Waals surface area (Å²) in [6, 6.07) is 24.8.